The molecule has 8 heteroatoms. The second kappa shape index (κ2) is 10.0. The summed E-state index contributed by atoms with van der Waals surface area (Å²) in [5.41, 5.74) is 1.38. The fraction of sp³-hybridized carbons (Fsp3) is 0.136. The fourth-order valence-corrected chi connectivity index (χ4v) is 3.87. The smallest absolute Gasteiger partial charge is 0.340 e. The van der Waals surface area contributed by atoms with E-state index in [1.807, 2.05) is 30.3 Å². The van der Waals surface area contributed by atoms with Gasteiger partial charge in [-0.15, -0.1) is 11.3 Å². The van der Waals surface area contributed by atoms with Crippen LogP contribution in [0.25, 0.3) is 0 Å². The van der Waals surface area contributed by atoms with Crippen molar-refractivity contribution in [1.82, 2.24) is 5.32 Å². The van der Waals surface area contributed by atoms with Crippen LogP contribution in [0.2, 0.25) is 5.02 Å². The Balaban J connectivity index is 1.78. The molecule has 30 heavy (non-hydrogen) atoms. The molecule has 6 nitrogen and oxygen atoms in total. The summed E-state index contributed by atoms with van der Waals surface area (Å²) in [7, 11) is 1.28. The monoisotopic (exact) mass is 442 g/mol. The molecule has 0 bridgehead atoms. The number of carbonyl (C=O) groups excluding carboxylic acids is 3. The molecular weight excluding hydrogens is 424 g/mol. The van der Waals surface area contributed by atoms with Crippen LogP contribution in [0.15, 0.2) is 66.0 Å². The number of esters is 1. The van der Waals surface area contributed by atoms with Crippen molar-refractivity contribution in [3.05, 3.63) is 87.8 Å². The van der Waals surface area contributed by atoms with E-state index in [4.69, 9.17) is 16.3 Å². The van der Waals surface area contributed by atoms with Crippen LogP contribution in [0, 0.1) is 0 Å². The molecule has 2 amide bonds. The zero-order chi connectivity index (χ0) is 21.5. The second-order valence-electron chi connectivity index (χ2n) is 6.32. The van der Waals surface area contributed by atoms with Crippen LogP contribution in [0.5, 0.6) is 0 Å². The normalized spacial score (nSPS) is 11.4. The lowest BCUT2D eigenvalue weighted by molar-refractivity contribution is -0.116. The van der Waals surface area contributed by atoms with Crippen LogP contribution in [0.1, 0.15) is 38.7 Å². The Hall–Kier alpha value is -3.16. The highest BCUT2D eigenvalue weighted by atomic mass is 35.5. The third-order valence-electron chi connectivity index (χ3n) is 4.34. The van der Waals surface area contributed by atoms with Gasteiger partial charge in [0.05, 0.1) is 35.7 Å². The lowest BCUT2D eigenvalue weighted by atomic mass is 10.0. The Kier molecular flexibility index (Phi) is 7.21. The minimum absolute atomic E-state index is 0.0290. The van der Waals surface area contributed by atoms with Gasteiger partial charge < -0.3 is 15.4 Å². The highest BCUT2D eigenvalue weighted by Gasteiger charge is 2.22. The van der Waals surface area contributed by atoms with Gasteiger partial charge in [0.2, 0.25) is 5.91 Å². The number of methoxy groups -OCH3 is 1. The molecule has 1 atom stereocenters. The van der Waals surface area contributed by atoms with E-state index in [0.29, 0.717) is 15.6 Å². The number of amides is 2. The summed E-state index contributed by atoms with van der Waals surface area (Å²) in [6, 6.07) is 16.9. The average molecular weight is 443 g/mol. The van der Waals surface area contributed by atoms with E-state index in [0.717, 1.165) is 5.56 Å². The topological polar surface area (TPSA) is 84.5 Å². The number of anilines is 1. The van der Waals surface area contributed by atoms with Gasteiger partial charge in [-0.25, -0.2) is 4.79 Å². The summed E-state index contributed by atoms with van der Waals surface area (Å²) >= 11 is 7.35. The fourth-order valence-electron chi connectivity index (χ4n) is 2.86. The highest BCUT2D eigenvalue weighted by Crippen LogP contribution is 2.26. The molecular formula is C22H19ClN2O4S. The maximum atomic E-state index is 12.7. The number of halogens is 1. The van der Waals surface area contributed by atoms with Gasteiger partial charge in [-0.3, -0.25) is 9.59 Å². The van der Waals surface area contributed by atoms with E-state index in [2.05, 4.69) is 10.6 Å². The molecule has 1 aromatic heterocycles. The van der Waals surface area contributed by atoms with Gasteiger partial charge in [0, 0.05) is 0 Å². The predicted octanol–water partition coefficient (Wildman–Crippen LogP) is 4.69. The van der Waals surface area contributed by atoms with Crippen LogP contribution in [0.4, 0.5) is 5.00 Å². The first-order valence-corrected chi connectivity index (χ1v) is 10.3. The van der Waals surface area contributed by atoms with Crippen molar-refractivity contribution in [2.24, 2.45) is 0 Å². The van der Waals surface area contributed by atoms with Crippen molar-refractivity contribution < 1.29 is 19.1 Å². The van der Waals surface area contributed by atoms with Crippen LogP contribution >= 0.6 is 22.9 Å². The third-order valence-corrected chi connectivity index (χ3v) is 5.50. The molecule has 0 saturated carbocycles. The van der Waals surface area contributed by atoms with E-state index in [1.54, 1.807) is 35.7 Å². The van der Waals surface area contributed by atoms with Gasteiger partial charge in [-0.2, -0.15) is 0 Å². The standard InChI is InChI=1S/C22H19ClN2O4S/c1-29-22(28)16-11-12-30-21(16)25-19(26)13-18(14-7-3-2-4-8-14)24-20(27)15-9-5-6-10-17(15)23/h2-12,18H,13H2,1H3,(H,24,27)(H,25,26). The first kappa shape index (κ1) is 21.5. The zero-order valence-electron chi connectivity index (χ0n) is 16.1. The van der Waals surface area contributed by atoms with Crippen molar-refractivity contribution in [3.63, 3.8) is 0 Å². The number of nitrogens with one attached hydrogen (secondary N) is 2. The SMILES string of the molecule is COC(=O)c1ccsc1NC(=O)CC(NC(=O)c1ccccc1Cl)c1ccccc1. The van der Waals surface area contributed by atoms with E-state index in [-0.39, 0.29) is 23.8 Å². The lowest BCUT2D eigenvalue weighted by Crippen LogP contribution is -2.31. The average Bonchev–Trinajstić information content (AvgIpc) is 3.21. The van der Waals surface area contributed by atoms with Gasteiger partial charge in [-0.05, 0) is 29.1 Å². The summed E-state index contributed by atoms with van der Waals surface area (Å²) in [5, 5.41) is 8.02. The maximum Gasteiger partial charge on any atom is 0.340 e. The molecule has 0 spiro atoms. The van der Waals surface area contributed by atoms with Crippen molar-refractivity contribution in [2.45, 2.75) is 12.5 Å². The van der Waals surface area contributed by atoms with Gasteiger partial charge in [0.15, 0.2) is 0 Å². The van der Waals surface area contributed by atoms with Crippen LogP contribution in [-0.4, -0.2) is 24.9 Å². The molecule has 1 heterocycles. The van der Waals surface area contributed by atoms with Gasteiger partial charge in [0.1, 0.15) is 5.00 Å². The molecule has 0 aliphatic rings. The summed E-state index contributed by atoms with van der Waals surface area (Å²) in [4.78, 5) is 37.3. The molecule has 0 saturated heterocycles. The third kappa shape index (κ3) is 5.25. The van der Waals surface area contributed by atoms with E-state index in [1.165, 1.54) is 18.4 Å². The van der Waals surface area contributed by atoms with Crippen LogP contribution in [0.3, 0.4) is 0 Å². The number of hydrogen-bond acceptors (Lipinski definition) is 5. The molecule has 2 N–H and O–H groups in total. The number of thiophene rings is 1. The first-order chi connectivity index (χ1) is 14.5. The highest BCUT2D eigenvalue weighted by molar-refractivity contribution is 7.14. The molecule has 0 fully saturated rings. The Morgan fingerprint density at radius 2 is 1.70 bits per heavy atom. The van der Waals surface area contributed by atoms with E-state index in [9.17, 15) is 14.4 Å². The quantitative estimate of drug-likeness (QED) is 0.520. The van der Waals surface area contributed by atoms with E-state index >= 15 is 0 Å². The van der Waals surface area contributed by atoms with Gasteiger partial charge in [-0.1, -0.05) is 54.1 Å². The maximum absolute atomic E-state index is 12.7. The summed E-state index contributed by atoms with van der Waals surface area (Å²) in [6.45, 7) is 0. The molecule has 0 radical (unpaired) electrons. The number of carbonyl (C=O) groups is 3. The van der Waals surface area contributed by atoms with Gasteiger partial charge >= 0.3 is 5.97 Å². The van der Waals surface area contributed by atoms with Crippen molar-refractivity contribution in [2.75, 3.05) is 12.4 Å². The van der Waals surface area contributed by atoms with Crippen molar-refractivity contribution in [3.8, 4) is 0 Å². The minimum atomic E-state index is -0.587. The molecule has 2 aromatic carbocycles. The summed E-state index contributed by atoms with van der Waals surface area (Å²) in [5.74, 6) is -1.26. The molecule has 154 valence electrons. The largest absolute Gasteiger partial charge is 0.465 e. The number of benzene rings is 2. The molecule has 1 unspecified atom stereocenters. The predicted molar refractivity (Wildman–Crippen MR) is 117 cm³/mol. The molecule has 0 aliphatic carbocycles. The van der Waals surface area contributed by atoms with Crippen LogP contribution in [-0.2, 0) is 9.53 Å². The number of rotatable bonds is 7. The summed E-state index contributed by atoms with van der Waals surface area (Å²) < 4.78 is 4.73. The molecule has 0 aliphatic heterocycles. The van der Waals surface area contributed by atoms with Gasteiger partial charge in [0.25, 0.3) is 5.91 Å². The Bertz CT molecular complexity index is 1050. The Labute approximate surface area is 182 Å². The Morgan fingerprint density at radius 3 is 2.40 bits per heavy atom. The molecule has 3 rings (SSSR count). The van der Waals surface area contributed by atoms with Crippen LogP contribution < -0.4 is 10.6 Å². The second-order valence-corrected chi connectivity index (χ2v) is 7.65. The van der Waals surface area contributed by atoms with Crippen molar-refractivity contribution >= 4 is 45.7 Å². The summed E-state index contributed by atoms with van der Waals surface area (Å²) in [6.07, 6.45) is -0.0290. The zero-order valence-corrected chi connectivity index (χ0v) is 17.6. The van der Waals surface area contributed by atoms with Crippen molar-refractivity contribution in [1.29, 1.82) is 0 Å². The Morgan fingerprint density at radius 1 is 1.00 bits per heavy atom. The number of ether oxygens (including phenoxy) is 1. The molecule has 3 aromatic rings. The minimum Gasteiger partial charge on any atom is -0.465 e. The first-order valence-electron chi connectivity index (χ1n) is 9.05. The lowest BCUT2D eigenvalue weighted by Gasteiger charge is -2.19. The number of hydrogen-bond donors (Lipinski definition) is 2. The van der Waals surface area contributed by atoms with E-state index < -0.39 is 12.0 Å².